The average Bonchev–Trinajstić information content (AvgIpc) is 2.53. The van der Waals surface area contributed by atoms with Crippen molar-refractivity contribution in [2.24, 2.45) is 5.92 Å². The number of piperidine rings is 1. The predicted molar refractivity (Wildman–Crippen MR) is 81.4 cm³/mol. The van der Waals surface area contributed by atoms with Crippen molar-refractivity contribution in [2.45, 2.75) is 19.3 Å². The number of likely N-dealkylation sites (tertiary alicyclic amines) is 1. The fourth-order valence-corrected chi connectivity index (χ4v) is 2.64. The van der Waals surface area contributed by atoms with Crippen LogP contribution in [0.15, 0.2) is 24.3 Å². The highest BCUT2D eigenvalue weighted by molar-refractivity contribution is 6.01. The number of hydrogen-bond donors (Lipinski definition) is 2. The zero-order valence-corrected chi connectivity index (χ0v) is 12.3. The average molecular weight is 301 g/mol. The molecular formula is C16H19N3O3. The maximum absolute atomic E-state index is 12.3. The van der Waals surface area contributed by atoms with Gasteiger partial charge in [-0.1, -0.05) is 12.1 Å². The number of para-hydroxylation sites is 1. The van der Waals surface area contributed by atoms with Crippen LogP contribution in [0, 0.1) is 17.2 Å². The summed E-state index contributed by atoms with van der Waals surface area (Å²) in [6.07, 6.45) is 1.96. The highest BCUT2D eigenvalue weighted by Gasteiger charge is 2.25. The molecule has 1 aromatic carbocycles. The Balaban J connectivity index is 1.92. The summed E-state index contributed by atoms with van der Waals surface area (Å²) in [4.78, 5) is 25.6. The first kappa shape index (κ1) is 16.0. The van der Waals surface area contributed by atoms with Crippen LogP contribution in [-0.4, -0.2) is 41.5 Å². The van der Waals surface area contributed by atoms with Crippen LogP contribution in [0.5, 0.6) is 0 Å². The Morgan fingerprint density at radius 3 is 2.64 bits per heavy atom. The van der Waals surface area contributed by atoms with Crippen molar-refractivity contribution in [1.82, 2.24) is 4.90 Å². The molecule has 1 amide bonds. The highest BCUT2D eigenvalue weighted by atomic mass is 16.4. The fourth-order valence-electron chi connectivity index (χ4n) is 2.64. The molecule has 1 heterocycles. The van der Waals surface area contributed by atoms with E-state index >= 15 is 0 Å². The zero-order valence-electron chi connectivity index (χ0n) is 12.3. The Bertz CT molecular complexity index is 587. The maximum Gasteiger partial charge on any atom is 0.337 e. The second-order valence-electron chi connectivity index (χ2n) is 5.36. The molecule has 0 unspecified atom stereocenters. The number of nitriles is 1. The van der Waals surface area contributed by atoms with Gasteiger partial charge in [0.25, 0.3) is 0 Å². The van der Waals surface area contributed by atoms with Gasteiger partial charge >= 0.3 is 5.97 Å². The van der Waals surface area contributed by atoms with Crippen molar-refractivity contribution in [3.8, 4) is 6.07 Å². The summed E-state index contributed by atoms with van der Waals surface area (Å²) in [5.74, 6) is -1.30. The summed E-state index contributed by atoms with van der Waals surface area (Å²) >= 11 is 0. The quantitative estimate of drug-likeness (QED) is 0.867. The molecule has 2 rings (SSSR count). The minimum absolute atomic E-state index is 0.0994. The van der Waals surface area contributed by atoms with Gasteiger partial charge < -0.3 is 15.3 Å². The number of nitrogens with zero attached hydrogens (tertiary/aromatic N) is 2. The van der Waals surface area contributed by atoms with E-state index in [1.165, 1.54) is 6.07 Å². The molecule has 2 N–H and O–H groups in total. The lowest BCUT2D eigenvalue weighted by atomic mass is 9.95. The number of carboxylic acids is 1. The van der Waals surface area contributed by atoms with E-state index in [-0.39, 0.29) is 17.4 Å². The fraction of sp³-hybridized carbons (Fsp3) is 0.438. The van der Waals surface area contributed by atoms with Crippen molar-refractivity contribution >= 4 is 17.6 Å². The lowest BCUT2D eigenvalue weighted by Gasteiger charge is -2.30. The largest absolute Gasteiger partial charge is 0.478 e. The smallest absolute Gasteiger partial charge is 0.337 e. The molecule has 1 fully saturated rings. The third-order valence-corrected chi connectivity index (χ3v) is 3.91. The van der Waals surface area contributed by atoms with E-state index in [1.807, 2.05) is 0 Å². The van der Waals surface area contributed by atoms with Crippen molar-refractivity contribution in [3.63, 3.8) is 0 Å². The van der Waals surface area contributed by atoms with E-state index < -0.39 is 5.97 Å². The Morgan fingerprint density at radius 2 is 2.00 bits per heavy atom. The molecule has 0 aliphatic carbocycles. The lowest BCUT2D eigenvalue weighted by Crippen LogP contribution is -2.38. The highest BCUT2D eigenvalue weighted by Crippen LogP contribution is 2.21. The number of carboxylic acid groups (broad SMARTS) is 1. The Labute approximate surface area is 129 Å². The van der Waals surface area contributed by atoms with Gasteiger partial charge in [-0.25, -0.2) is 4.79 Å². The second kappa shape index (κ2) is 7.57. The number of aromatic carboxylic acids is 1. The van der Waals surface area contributed by atoms with E-state index in [2.05, 4.69) is 16.3 Å². The molecule has 0 saturated carbocycles. The summed E-state index contributed by atoms with van der Waals surface area (Å²) in [7, 11) is 0. The van der Waals surface area contributed by atoms with E-state index in [4.69, 9.17) is 10.4 Å². The Morgan fingerprint density at radius 1 is 1.32 bits per heavy atom. The summed E-state index contributed by atoms with van der Waals surface area (Å²) in [6.45, 7) is 2.33. The number of amides is 1. The van der Waals surface area contributed by atoms with Crippen molar-refractivity contribution in [3.05, 3.63) is 29.8 Å². The van der Waals surface area contributed by atoms with Crippen molar-refractivity contribution < 1.29 is 14.7 Å². The standard InChI is InChI=1S/C16H19N3O3/c17-8-3-9-19-10-6-12(7-11-19)15(20)18-14-5-2-1-4-13(14)16(21)22/h1-2,4-5,12H,3,6-7,9-11H2,(H,18,20)(H,21,22). The molecule has 0 atom stereocenters. The maximum atomic E-state index is 12.3. The van der Waals surface area contributed by atoms with Gasteiger partial charge in [-0.3, -0.25) is 4.79 Å². The monoisotopic (exact) mass is 301 g/mol. The van der Waals surface area contributed by atoms with E-state index in [1.54, 1.807) is 18.2 Å². The number of carbonyl (C=O) groups is 2. The Kier molecular flexibility index (Phi) is 5.50. The van der Waals surface area contributed by atoms with Gasteiger partial charge in [-0.2, -0.15) is 5.26 Å². The number of rotatable bonds is 5. The molecule has 1 saturated heterocycles. The van der Waals surface area contributed by atoms with Crippen LogP contribution < -0.4 is 5.32 Å². The third-order valence-electron chi connectivity index (χ3n) is 3.91. The summed E-state index contributed by atoms with van der Waals surface area (Å²) in [6, 6.07) is 8.53. The van der Waals surface area contributed by atoms with Gasteiger partial charge in [0.05, 0.1) is 17.3 Å². The number of carbonyl (C=O) groups excluding carboxylic acids is 1. The summed E-state index contributed by atoms with van der Waals surface area (Å²) in [5.41, 5.74) is 0.439. The second-order valence-corrected chi connectivity index (χ2v) is 5.36. The molecule has 6 nitrogen and oxygen atoms in total. The van der Waals surface area contributed by atoms with Crippen LogP contribution in [0.1, 0.15) is 29.6 Å². The number of anilines is 1. The number of nitrogens with one attached hydrogen (secondary N) is 1. The van der Waals surface area contributed by atoms with Crippen LogP contribution in [0.4, 0.5) is 5.69 Å². The molecular weight excluding hydrogens is 282 g/mol. The molecule has 1 aromatic rings. The first-order valence-corrected chi connectivity index (χ1v) is 7.34. The first-order valence-electron chi connectivity index (χ1n) is 7.34. The molecule has 1 aliphatic rings. The van der Waals surface area contributed by atoms with Gasteiger partial charge in [0.2, 0.25) is 5.91 Å². The molecule has 116 valence electrons. The van der Waals surface area contributed by atoms with Crippen LogP contribution in [0.25, 0.3) is 0 Å². The molecule has 0 bridgehead atoms. The topological polar surface area (TPSA) is 93.4 Å². The third kappa shape index (κ3) is 4.06. The summed E-state index contributed by atoms with van der Waals surface area (Å²) < 4.78 is 0. The molecule has 0 radical (unpaired) electrons. The van der Waals surface area contributed by atoms with E-state index in [0.717, 1.165) is 32.5 Å². The van der Waals surface area contributed by atoms with E-state index in [9.17, 15) is 9.59 Å². The van der Waals surface area contributed by atoms with Gasteiger partial charge in [-0.05, 0) is 38.1 Å². The molecule has 0 aromatic heterocycles. The molecule has 0 spiro atoms. The molecule has 1 aliphatic heterocycles. The molecule has 22 heavy (non-hydrogen) atoms. The van der Waals surface area contributed by atoms with Gasteiger partial charge in [-0.15, -0.1) is 0 Å². The van der Waals surface area contributed by atoms with Gasteiger partial charge in [0, 0.05) is 18.9 Å². The van der Waals surface area contributed by atoms with Crippen LogP contribution in [0.3, 0.4) is 0 Å². The summed E-state index contributed by atoms with van der Waals surface area (Å²) in [5, 5.41) is 20.4. The van der Waals surface area contributed by atoms with Crippen LogP contribution >= 0.6 is 0 Å². The van der Waals surface area contributed by atoms with Gasteiger partial charge in [0.15, 0.2) is 0 Å². The minimum Gasteiger partial charge on any atom is -0.478 e. The number of benzene rings is 1. The SMILES string of the molecule is N#CCCN1CCC(C(=O)Nc2ccccc2C(=O)O)CC1. The lowest BCUT2D eigenvalue weighted by molar-refractivity contribution is -0.121. The van der Waals surface area contributed by atoms with Crippen LogP contribution in [-0.2, 0) is 4.79 Å². The normalized spacial score (nSPS) is 16.0. The first-order chi connectivity index (χ1) is 10.6. The number of hydrogen-bond acceptors (Lipinski definition) is 4. The van der Waals surface area contributed by atoms with E-state index in [0.29, 0.717) is 12.1 Å². The zero-order chi connectivity index (χ0) is 15.9. The van der Waals surface area contributed by atoms with Gasteiger partial charge in [0.1, 0.15) is 0 Å². The van der Waals surface area contributed by atoms with Crippen molar-refractivity contribution in [1.29, 1.82) is 5.26 Å². The minimum atomic E-state index is -1.05. The van der Waals surface area contributed by atoms with Crippen molar-refractivity contribution in [2.75, 3.05) is 25.0 Å². The van der Waals surface area contributed by atoms with Crippen LogP contribution in [0.2, 0.25) is 0 Å². The predicted octanol–water partition coefficient (Wildman–Crippen LogP) is 1.95. The Hall–Kier alpha value is -2.39. The molecule has 6 heteroatoms.